The van der Waals surface area contributed by atoms with E-state index < -0.39 is 5.41 Å². The fourth-order valence-electron chi connectivity index (χ4n) is 3.70. The van der Waals surface area contributed by atoms with Crippen LogP contribution in [0.4, 0.5) is 0 Å². The maximum Gasteiger partial charge on any atom is 0.243 e. The number of rotatable bonds is 2. The van der Waals surface area contributed by atoms with E-state index in [1.165, 1.54) is 12.8 Å². The van der Waals surface area contributed by atoms with Gasteiger partial charge in [0.2, 0.25) is 5.91 Å². The molecule has 0 bridgehead atoms. The van der Waals surface area contributed by atoms with Crippen molar-refractivity contribution >= 4 is 5.91 Å². The van der Waals surface area contributed by atoms with Crippen molar-refractivity contribution in [3.05, 3.63) is 0 Å². The number of carbonyl (C=O) groups excluding carboxylic acids is 1. The molecule has 3 nitrogen and oxygen atoms in total. The van der Waals surface area contributed by atoms with Crippen LogP contribution in [0.3, 0.4) is 0 Å². The monoisotopic (exact) mass is 248 g/mol. The predicted octanol–water partition coefficient (Wildman–Crippen LogP) is 2.96. The Labute approximate surface area is 110 Å². The van der Waals surface area contributed by atoms with Gasteiger partial charge in [0.15, 0.2) is 0 Å². The average Bonchev–Trinajstić information content (AvgIpc) is 2.33. The Kier molecular flexibility index (Phi) is 3.66. The molecule has 100 valence electrons. The van der Waals surface area contributed by atoms with Crippen molar-refractivity contribution in [3.8, 4) is 6.07 Å². The molecular weight excluding hydrogens is 224 g/mol. The molecule has 0 N–H and O–H groups in total. The summed E-state index contributed by atoms with van der Waals surface area (Å²) in [5.41, 5.74) is -0.700. The van der Waals surface area contributed by atoms with E-state index in [1.807, 2.05) is 11.9 Å². The standard InChI is InChI=1S/C15H24N2O/c1-11-5-4-6-13(7-11)17(3)14(18)15(10-16)8-12(2)9-15/h11-13H,4-9H2,1-3H3. The molecule has 0 aromatic rings. The van der Waals surface area contributed by atoms with Gasteiger partial charge in [-0.2, -0.15) is 5.26 Å². The number of carbonyl (C=O) groups is 1. The Balaban J connectivity index is 2.02. The Morgan fingerprint density at radius 3 is 2.44 bits per heavy atom. The summed E-state index contributed by atoms with van der Waals surface area (Å²) < 4.78 is 0. The second-order valence-corrected chi connectivity index (χ2v) is 6.55. The Morgan fingerprint density at radius 2 is 1.94 bits per heavy atom. The van der Waals surface area contributed by atoms with Gasteiger partial charge in [-0.15, -0.1) is 0 Å². The summed E-state index contributed by atoms with van der Waals surface area (Å²) in [4.78, 5) is 14.4. The summed E-state index contributed by atoms with van der Waals surface area (Å²) in [7, 11) is 1.90. The van der Waals surface area contributed by atoms with E-state index in [-0.39, 0.29) is 5.91 Å². The molecule has 0 aliphatic heterocycles. The topological polar surface area (TPSA) is 44.1 Å². The maximum absolute atomic E-state index is 12.5. The minimum atomic E-state index is -0.700. The number of hydrogen-bond acceptors (Lipinski definition) is 2. The summed E-state index contributed by atoms with van der Waals surface area (Å²) in [5.74, 6) is 1.30. The first kappa shape index (κ1) is 13.4. The second kappa shape index (κ2) is 4.91. The molecule has 2 unspecified atom stereocenters. The van der Waals surface area contributed by atoms with Crippen LogP contribution in [0.1, 0.15) is 52.4 Å². The molecule has 2 saturated carbocycles. The fraction of sp³-hybridized carbons (Fsp3) is 0.867. The van der Waals surface area contributed by atoms with Crippen molar-refractivity contribution in [1.82, 2.24) is 4.90 Å². The van der Waals surface area contributed by atoms with Crippen LogP contribution in [0, 0.1) is 28.6 Å². The Hall–Kier alpha value is -1.04. The first-order valence-corrected chi connectivity index (χ1v) is 7.17. The average molecular weight is 248 g/mol. The molecule has 0 aromatic carbocycles. The van der Waals surface area contributed by atoms with Crippen molar-refractivity contribution in [2.75, 3.05) is 7.05 Å². The molecular formula is C15H24N2O. The summed E-state index contributed by atoms with van der Waals surface area (Å²) in [6.45, 7) is 4.38. The van der Waals surface area contributed by atoms with Crippen LogP contribution in [0.25, 0.3) is 0 Å². The van der Waals surface area contributed by atoms with Gasteiger partial charge in [-0.1, -0.05) is 26.7 Å². The highest BCUT2D eigenvalue weighted by Gasteiger charge is 2.51. The molecule has 0 spiro atoms. The maximum atomic E-state index is 12.5. The number of nitrogens with zero attached hydrogens (tertiary/aromatic N) is 2. The van der Waals surface area contributed by atoms with Crippen LogP contribution < -0.4 is 0 Å². The summed E-state index contributed by atoms with van der Waals surface area (Å²) in [6, 6.07) is 2.63. The van der Waals surface area contributed by atoms with E-state index in [2.05, 4.69) is 19.9 Å². The van der Waals surface area contributed by atoms with Crippen molar-refractivity contribution in [2.24, 2.45) is 17.3 Å². The van der Waals surface area contributed by atoms with Gasteiger partial charge in [-0.05, 0) is 37.5 Å². The second-order valence-electron chi connectivity index (χ2n) is 6.55. The number of hydrogen-bond donors (Lipinski definition) is 0. The van der Waals surface area contributed by atoms with Crippen LogP contribution in [0.15, 0.2) is 0 Å². The first-order chi connectivity index (χ1) is 8.48. The minimum absolute atomic E-state index is 0.0715. The van der Waals surface area contributed by atoms with E-state index in [0.717, 1.165) is 25.7 Å². The van der Waals surface area contributed by atoms with Crippen molar-refractivity contribution < 1.29 is 4.79 Å². The van der Waals surface area contributed by atoms with Crippen molar-refractivity contribution in [1.29, 1.82) is 5.26 Å². The van der Waals surface area contributed by atoms with Gasteiger partial charge in [-0.3, -0.25) is 4.79 Å². The molecule has 0 heterocycles. The van der Waals surface area contributed by atoms with Gasteiger partial charge in [0.1, 0.15) is 5.41 Å². The van der Waals surface area contributed by atoms with Crippen LogP contribution in [-0.2, 0) is 4.79 Å². The Bertz CT molecular complexity index is 365. The molecule has 2 rings (SSSR count). The molecule has 1 amide bonds. The van der Waals surface area contributed by atoms with E-state index in [4.69, 9.17) is 0 Å². The van der Waals surface area contributed by atoms with E-state index in [9.17, 15) is 10.1 Å². The molecule has 2 atom stereocenters. The largest absolute Gasteiger partial charge is 0.341 e. The van der Waals surface area contributed by atoms with Crippen LogP contribution in [-0.4, -0.2) is 23.9 Å². The molecule has 0 saturated heterocycles. The zero-order valence-electron chi connectivity index (χ0n) is 11.8. The summed E-state index contributed by atoms with van der Waals surface area (Å²) in [6.07, 6.45) is 6.17. The highest BCUT2D eigenvalue weighted by molar-refractivity contribution is 5.86. The predicted molar refractivity (Wildman–Crippen MR) is 70.6 cm³/mol. The third-order valence-corrected chi connectivity index (χ3v) is 4.79. The molecule has 18 heavy (non-hydrogen) atoms. The molecule has 3 heteroatoms. The van der Waals surface area contributed by atoms with Crippen molar-refractivity contribution in [3.63, 3.8) is 0 Å². The molecule has 2 aliphatic carbocycles. The molecule has 0 radical (unpaired) electrons. The van der Waals surface area contributed by atoms with Gasteiger partial charge in [-0.25, -0.2) is 0 Å². The fourth-order valence-corrected chi connectivity index (χ4v) is 3.70. The number of nitriles is 1. The third kappa shape index (κ3) is 2.25. The summed E-state index contributed by atoms with van der Waals surface area (Å²) >= 11 is 0. The minimum Gasteiger partial charge on any atom is -0.341 e. The van der Waals surface area contributed by atoms with Crippen LogP contribution >= 0.6 is 0 Å². The molecule has 0 aromatic heterocycles. The highest BCUT2D eigenvalue weighted by Crippen LogP contribution is 2.46. The van der Waals surface area contributed by atoms with Crippen LogP contribution in [0.2, 0.25) is 0 Å². The quantitative estimate of drug-likeness (QED) is 0.754. The lowest BCUT2D eigenvalue weighted by atomic mass is 9.62. The first-order valence-electron chi connectivity index (χ1n) is 7.17. The SMILES string of the molecule is CC1CCCC(N(C)C(=O)C2(C#N)CC(C)C2)C1. The Morgan fingerprint density at radius 1 is 1.28 bits per heavy atom. The van der Waals surface area contributed by atoms with Gasteiger partial charge >= 0.3 is 0 Å². The molecule has 2 aliphatic rings. The van der Waals surface area contributed by atoms with Gasteiger partial charge in [0.05, 0.1) is 6.07 Å². The molecule has 2 fully saturated rings. The van der Waals surface area contributed by atoms with Gasteiger partial charge in [0.25, 0.3) is 0 Å². The lowest BCUT2D eigenvalue weighted by Crippen LogP contribution is -2.52. The lowest BCUT2D eigenvalue weighted by molar-refractivity contribution is -0.147. The summed E-state index contributed by atoms with van der Waals surface area (Å²) in [5, 5.41) is 9.33. The zero-order chi connectivity index (χ0) is 13.3. The van der Waals surface area contributed by atoms with E-state index in [0.29, 0.717) is 17.9 Å². The normalized spacial score (nSPS) is 39.6. The lowest BCUT2D eigenvalue weighted by Gasteiger charge is -2.44. The third-order valence-electron chi connectivity index (χ3n) is 4.79. The smallest absolute Gasteiger partial charge is 0.243 e. The van der Waals surface area contributed by atoms with Crippen molar-refractivity contribution in [2.45, 2.75) is 58.4 Å². The van der Waals surface area contributed by atoms with Gasteiger partial charge in [0, 0.05) is 13.1 Å². The van der Waals surface area contributed by atoms with Gasteiger partial charge < -0.3 is 4.90 Å². The highest BCUT2D eigenvalue weighted by atomic mass is 16.2. The number of amides is 1. The zero-order valence-corrected chi connectivity index (χ0v) is 11.8. The van der Waals surface area contributed by atoms with E-state index in [1.54, 1.807) is 0 Å². The van der Waals surface area contributed by atoms with Crippen LogP contribution in [0.5, 0.6) is 0 Å². The van der Waals surface area contributed by atoms with E-state index >= 15 is 0 Å².